The lowest BCUT2D eigenvalue weighted by Gasteiger charge is -2.26. The minimum atomic E-state index is -0.361. The first-order valence-electron chi connectivity index (χ1n) is 9.39. The van der Waals surface area contributed by atoms with Gasteiger partial charge in [0.25, 0.3) is 5.56 Å². The van der Waals surface area contributed by atoms with Crippen molar-refractivity contribution in [3.05, 3.63) is 97.8 Å². The van der Waals surface area contributed by atoms with Crippen LogP contribution < -0.4 is 21.3 Å². The third-order valence-corrected chi connectivity index (χ3v) is 5.21. The molecule has 6 nitrogen and oxygen atoms in total. The van der Waals surface area contributed by atoms with Gasteiger partial charge in [0.1, 0.15) is 5.75 Å². The second kappa shape index (κ2) is 7.86. The van der Waals surface area contributed by atoms with Gasteiger partial charge in [0, 0.05) is 24.7 Å². The smallest absolute Gasteiger partial charge is 0.328 e. The zero-order valence-electron chi connectivity index (χ0n) is 15.8. The highest BCUT2D eigenvalue weighted by atomic mass is 16.5. The van der Waals surface area contributed by atoms with Crippen LogP contribution >= 0.6 is 0 Å². The molecule has 0 fully saturated rings. The molecule has 0 saturated carbocycles. The predicted octanol–water partition coefficient (Wildman–Crippen LogP) is 1.85. The summed E-state index contributed by atoms with van der Waals surface area (Å²) in [7, 11) is 1.60. The van der Waals surface area contributed by atoms with Gasteiger partial charge in [-0.3, -0.25) is 9.36 Å². The normalized spacial score (nSPS) is 15.8. The fourth-order valence-electron chi connectivity index (χ4n) is 3.68. The molecule has 0 saturated heterocycles. The van der Waals surface area contributed by atoms with E-state index >= 15 is 0 Å². The molecule has 4 rings (SSSR count). The summed E-state index contributed by atoms with van der Waals surface area (Å²) < 4.78 is 6.41. The van der Waals surface area contributed by atoms with E-state index < -0.39 is 0 Å². The number of H-pyrrole nitrogens is 1. The summed E-state index contributed by atoms with van der Waals surface area (Å²) in [6.07, 6.45) is 1.50. The first-order chi connectivity index (χ1) is 13.6. The van der Waals surface area contributed by atoms with Crippen LogP contribution in [0.5, 0.6) is 5.75 Å². The molecule has 2 aromatic carbocycles. The number of aromatic nitrogens is 2. The molecule has 0 aliphatic carbocycles. The number of ether oxygens (including phenoxy) is 1. The van der Waals surface area contributed by atoms with E-state index in [9.17, 15) is 9.59 Å². The van der Waals surface area contributed by atoms with Gasteiger partial charge in [-0.05, 0) is 29.7 Å². The molecule has 3 aromatic rings. The first kappa shape index (κ1) is 18.3. The lowest BCUT2D eigenvalue weighted by atomic mass is 9.96. The molecule has 6 heteroatoms. The zero-order valence-corrected chi connectivity index (χ0v) is 15.8. The van der Waals surface area contributed by atoms with E-state index in [0.717, 1.165) is 23.4 Å². The van der Waals surface area contributed by atoms with Crippen molar-refractivity contribution in [3.63, 3.8) is 0 Å². The van der Waals surface area contributed by atoms with E-state index in [2.05, 4.69) is 22.4 Å². The van der Waals surface area contributed by atoms with E-state index in [-0.39, 0.29) is 23.8 Å². The maximum Gasteiger partial charge on any atom is 0.328 e. The Morgan fingerprint density at radius 3 is 2.50 bits per heavy atom. The molecule has 1 atom stereocenters. The summed E-state index contributed by atoms with van der Waals surface area (Å²) in [5, 5.41) is 3.44. The Morgan fingerprint density at radius 1 is 1.04 bits per heavy atom. The topological polar surface area (TPSA) is 76.1 Å². The van der Waals surface area contributed by atoms with E-state index in [1.807, 2.05) is 42.5 Å². The van der Waals surface area contributed by atoms with Gasteiger partial charge in [-0.25, -0.2) is 4.79 Å². The molecule has 2 heterocycles. The quantitative estimate of drug-likeness (QED) is 0.712. The molecule has 1 aliphatic heterocycles. The second-order valence-electron chi connectivity index (χ2n) is 7.10. The molecule has 144 valence electrons. The Kier molecular flexibility index (Phi) is 5.12. The Labute approximate surface area is 162 Å². The average Bonchev–Trinajstić information content (AvgIpc) is 2.72. The van der Waals surface area contributed by atoms with Gasteiger partial charge in [-0.2, -0.15) is 0 Å². The van der Waals surface area contributed by atoms with Gasteiger partial charge in [-0.1, -0.05) is 42.5 Å². The van der Waals surface area contributed by atoms with Gasteiger partial charge in [0.2, 0.25) is 0 Å². The summed E-state index contributed by atoms with van der Waals surface area (Å²) >= 11 is 0. The number of nitrogens with zero attached hydrogens (tertiary/aromatic N) is 1. The first-order valence-corrected chi connectivity index (χ1v) is 9.39. The zero-order chi connectivity index (χ0) is 19.5. The van der Waals surface area contributed by atoms with Gasteiger partial charge in [0.15, 0.2) is 0 Å². The van der Waals surface area contributed by atoms with Gasteiger partial charge >= 0.3 is 5.69 Å². The monoisotopic (exact) mass is 377 g/mol. The van der Waals surface area contributed by atoms with Gasteiger partial charge < -0.3 is 15.0 Å². The van der Waals surface area contributed by atoms with Crippen molar-refractivity contribution >= 4 is 0 Å². The van der Waals surface area contributed by atoms with Crippen molar-refractivity contribution in [2.75, 3.05) is 7.11 Å². The van der Waals surface area contributed by atoms with E-state index in [1.54, 1.807) is 7.11 Å². The molecule has 1 aliphatic rings. The average molecular weight is 377 g/mol. The van der Waals surface area contributed by atoms with Gasteiger partial charge in [0.05, 0.1) is 19.2 Å². The van der Waals surface area contributed by atoms with Crippen LogP contribution in [-0.4, -0.2) is 22.7 Å². The Bertz CT molecular complexity index is 1070. The molecule has 1 aromatic heterocycles. The number of nitrogens with one attached hydrogen (secondary N) is 2. The molecule has 1 unspecified atom stereocenters. The third kappa shape index (κ3) is 3.77. The van der Waals surface area contributed by atoms with Crippen molar-refractivity contribution in [3.8, 4) is 5.75 Å². The summed E-state index contributed by atoms with van der Waals surface area (Å²) in [6, 6.07) is 17.8. The Hall–Kier alpha value is -3.12. The lowest BCUT2D eigenvalue weighted by molar-refractivity contribution is 0.414. The number of rotatable bonds is 5. The molecule has 28 heavy (non-hydrogen) atoms. The number of aromatic amines is 1. The van der Waals surface area contributed by atoms with Crippen LogP contribution in [0.3, 0.4) is 0 Å². The fraction of sp³-hybridized carbons (Fsp3) is 0.273. The van der Waals surface area contributed by atoms with Crippen LogP contribution in [0.2, 0.25) is 0 Å². The molecule has 0 radical (unpaired) electrons. The number of methoxy groups -OCH3 is 1. The fourth-order valence-corrected chi connectivity index (χ4v) is 3.68. The van der Waals surface area contributed by atoms with Crippen molar-refractivity contribution < 1.29 is 4.74 Å². The van der Waals surface area contributed by atoms with Crippen LogP contribution in [0, 0.1) is 0 Å². The molecular weight excluding hydrogens is 354 g/mol. The van der Waals surface area contributed by atoms with E-state index in [0.29, 0.717) is 18.5 Å². The second-order valence-corrected chi connectivity index (χ2v) is 7.10. The van der Waals surface area contributed by atoms with Crippen LogP contribution in [0.25, 0.3) is 0 Å². The minimum Gasteiger partial charge on any atom is -0.497 e. The van der Waals surface area contributed by atoms with E-state index in [4.69, 9.17) is 4.74 Å². The maximum absolute atomic E-state index is 12.9. The van der Waals surface area contributed by atoms with Crippen LogP contribution in [-0.2, 0) is 25.9 Å². The van der Waals surface area contributed by atoms with Crippen molar-refractivity contribution in [1.29, 1.82) is 0 Å². The number of benzene rings is 2. The van der Waals surface area contributed by atoms with Crippen molar-refractivity contribution in [1.82, 2.24) is 14.9 Å². The van der Waals surface area contributed by atoms with Gasteiger partial charge in [-0.15, -0.1) is 0 Å². The number of fused-ring (bicyclic) bond motifs is 1. The number of hydrogen-bond acceptors (Lipinski definition) is 4. The van der Waals surface area contributed by atoms with E-state index in [1.165, 1.54) is 10.1 Å². The Morgan fingerprint density at radius 2 is 1.79 bits per heavy atom. The van der Waals surface area contributed by atoms with Crippen molar-refractivity contribution in [2.24, 2.45) is 0 Å². The minimum absolute atomic E-state index is 0.197. The predicted molar refractivity (Wildman–Crippen MR) is 108 cm³/mol. The standard InChI is InChI=1S/C22H23N3O3/c1-28-18-9-7-16(8-10-18)14-25-21(26)19-13-23-17(12-20(19)24-22(25)27)11-15-5-3-2-4-6-15/h2-10,17,23H,11-14H2,1H3,(H,24,27). The third-order valence-electron chi connectivity index (χ3n) is 5.21. The maximum atomic E-state index is 12.9. The Balaban J connectivity index is 1.56. The van der Waals surface area contributed by atoms with Crippen LogP contribution in [0.4, 0.5) is 0 Å². The number of hydrogen-bond donors (Lipinski definition) is 2. The molecule has 0 spiro atoms. The molecular formula is C22H23N3O3. The summed E-state index contributed by atoms with van der Waals surface area (Å²) in [5.74, 6) is 0.740. The lowest BCUT2D eigenvalue weighted by Crippen LogP contribution is -2.46. The summed E-state index contributed by atoms with van der Waals surface area (Å²) in [6.45, 7) is 0.698. The van der Waals surface area contributed by atoms with Crippen molar-refractivity contribution in [2.45, 2.75) is 32.0 Å². The molecule has 0 bridgehead atoms. The molecule has 0 amide bonds. The largest absolute Gasteiger partial charge is 0.497 e. The van der Waals surface area contributed by atoms with Crippen LogP contribution in [0.15, 0.2) is 64.2 Å². The highest BCUT2D eigenvalue weighted by Gasteiger charge is 2.23. The molecule has 2 N–H and O–H groups in total. The van der Waals surface area contributed by atoms with Crippen LogP contribution in [0.1, 0.15) is 22.4 Å². The summed E-state index contributed by atoms with van der Waals surface area (Å²) in [4.78, 5) is 28.4. The SMILES string of the molecule is COc1ccc(Cn2c(=O)[nH]c3c(c2=O)CNC(Cc2ccccc2)C3)cc1. The highest BCUT2D eigenvalue weighted by Crippen LogP contribution is 2.15. The summed E-state index contributed by atoms with van der Waals surface area (Å²) in [5.41, 5.74) is 2.93. The highest BCUT2D eigenvalue weighted by molar-refractivity contribution is 5.28.